The van der Waals surface area contributed by atoms with Crippen molar-refractivity contribution in [2.24, 2.45) is 17.1 Å². The number of primary amides is 1. The van der Waals surface area contributed by atoms with E-state index in [2.05, 4.69) is 0 Å². The van der Waals surface area contributed by atoms with Crippen LogP contribution in [0.3, 0.4) is 0 Å². The number of alkyl halides is 3. The maximum atomic E-state index is 14.2. The second-order valence-corrected chi connectivity index (χ2v) is 8.95. The molecule has 2 amide bonds. The van der Waals surface area contributed by atoms with Crippen molar-refractivity contribution in [1.82, 2.24) is 4.90 Å². The Kier molecular flexibility index (Phi) is 6.17. The minimum Gasteiger partial charge on any atom is -0.371 e. The van der Waals surface area contributed by atoms with Crippen LogP contribution in [0.15, 0.2) is 36.4 Å². The van der Waals surface area contributed by atoms with Crippen molar-refractivity contribution >= 4 is 17.5 Å². The number of piperidine rings is 1. The molecule has 2 fully saturated rings. The molecule has 1 atom stereocenters. The SMILES string of the molecule is N#Cc1ccc(N2CCC3(CC2)CN(C(=O)c2cc(F)ccc2F)CC3C(N)=O)cc1C(F)(F)F. The molecule has 0 radical (unpaired) electrons. The van der Waals surface area contributed by atoms with E-state index in [9.17, 15) is 31.5 Å². The summed E-state index contributed by atoms with van der Waals surface area (Å²) in [5, 5.41) is 9.00. The van der Waals surface area contributed by atoms with Crippen LogP contribution in [0.2, 0.25) is 0 Å². The number of benzene rings is 2. The summed E-state index contributed by atoms with van der Waals surface area (Å²) in [6, 6.07) is 7.59. The molecule has 1 unspecified atom stereocenters. The first kappa shape index (κ1) is 24.4. The number of hydrogen-bond donors (Lipinski definition) is 1. The number of halogens is 5. The first-order chi connectivity index (χ1) is 16.4. The molecule has 0 aliphatic carbocycles. The first-order valence-corrected chi connectivity index (χ1v) is 10.8. The van der Waals surface area contributed by atoms with Crippen LogP contribution in [-0.4, -0.2) is 42.9 Å². The maximum absolute atomic E-state index is 14.2. The molecule has 35 heavy (non-hydrogen) atoms. The van der Waals surface area contributed by atoms with Crippen LogP contribution in [0.1, 0.15) is 34.3 Å². The number of nitrogens with zero attached hydrogens (tertiary/aromatic N) is 3. The molecule has 4 rings (SSSR count). The van der Waals surface area contributed by atoms with Crippen molar-refractivity contribution in [3.8, 4) is 6.07 Å². The number of carbonyl (C=O) groups is 2. The molecule has 2 saturated heterocycles. The lowest BCUT2D eigenvalue weighted by Crippen LogP contribution is -2.47. The molecular formula is C24H21F5N4O2. The van der Waals surface area contributed by atoms with Crippen LogP contribution >= 0.6 is 0 Å². The highest BCUT2D eigenvalue weighted by molar-refractivity contribution is 5.95. The van der Waals surface area contributed by atoms with Gasteiger partial charge in [-0.3, -0.25) is 9.59 Å². The summed E-state index contributed by atoms with van der Waals surface area (Å²) in [6.07, 6.45) is -4.00. The highest BCUT2D eigenvalue weighted by atomic mass is 19.4. The van der Waals surface area contributed by atoms with Crippen LogP contribution in [0, 0.1) is 34.3 Å². The van der Waals surface area contributed by atoms with Gasteiger partial charge in [0.15, 0.2) is 0 Å². The topological polar surface area (TPSA) is 90.4 Å². The van der Waals surface area contributed by atoms with E-state index >= 15 is 0 Å². The van der Waals surface area contributed by atoms with E-state index in [1.54, 1.807) is 11.0 Å². The molecule has 0 bridgehead atoms. The van der Waals surface area contributed by atoms with E-state index in [0.717, 1.165) is 30.3 Å². The van der Waals surface area contributed by atoms with Gasteiger partial charge in [0, 0.05) is 37.3 Å². The van der Waals surface area contributed by atoms with Gasteiger partial charge in [-0.2, -0.15) is 18.4 Å². The summed E-state index contributed by atoms with van der Waals surface area (Å²) in [6.45, 7) is 0.594. The number of rotatable bonds is 3. The van der Waals surface area contributed by atoms with E-state index in [0.29, 0.717) is 12.8 Å². The zero-order valence-corrected chi connectivity index (χ0v) is 18.4. The highest BCUT2D eigenvalue weighted by Crippen LogP contribution is 2.46. The van der Waals surface area contributed by atoms with Crippen LogP contribution in [0.25, 0.3) is 0 Å². The molecule has 2 aromatic rings. The Morgan fingerprint density at radius 2 is 1.77 bits per heavy atom. The largest absolute Gasteiger partial charge is 0.417 e. The summed E-state index contributed by atoms with van der Waals surface area (Å²) < 4.78 is 67.9. The van der Waals surface area contributed by atoms with Gasteiger partial charge in [0.1, 0.15) is 11.6 Å². The molecule has 1 spiro atoms. The number of nitriles is 1. The van der Waals surface area contributed by atoms with E-state index < -0.39 is 57.6 Å². The van der Waals surface area contributed by atoms with Gasteiger partial charge in [-0.25, -0.2) is 8.78 Å². The van der Waals surface area contributed by atoms with Gasteiger partial charge in [0.05, 0.1) is 28.7 Å². The highest BCUT2D eigenvalue weighted by Gasteiger charge is 2.52. The summed E-state index contributed by atoms with van der Waals surface area (Å²) in [4.78, 5) is 28.2. The van der Waals surface area contributed by atoms with Crippen molar-refractivity contribution in [3.63, 3.8) is 0 Å². The Hall–Kier alpha value is -3.68. The minimum absolute atomic E-state index is 0.0563. The fourth-order valence-corrected chi connectivity index (χ4v) is 5.12. The number of amides is 2. The normalized spacial score (nSPS) is 19.6. The average molecular weight is 492 g/mol. The number of nitrogens with two attached hydrogens (primary N) is 1. The van der Waals surface area contributed by atoms with Crippen LogP contribution < -0.4 is 10.6 Å². The Labute approximate surface area is 197 Å². The fraction of sp³-hybridized carbons (Fsp3) is 0.375. The molecule has 0 saturated carbocycles. The third-order valence-corrected chi connectivity index (χ3v) is 6.99. The minimum atomic E-state index is -4.69. The number of carbonyl (C=O) groups excluding carboxylic acids is 2. The van der Waals surface area contributed by atoms with E-state index in [1.807, 2.05) is 0 Å². The van der Waals surface area contributed by atoms with E-state index in [1.165, 1.54) is 11.0 Å². The lowest BCUT2D eigenvalue weighted by molar-refractivity contribution is -0.137. The molecule has 2 aliphatic rings. The lowest BCUT2D eigenvalue weighted by atomic mass is 9.70. The molecular weight excluding hydrogens is 471 g/mol. The van der Waals surface area contributed by atoms with Gasteiger partial charge in [0.25, 0.3) is 5.91 Å². The third kappa shape index (κ3) is 4.52. The summed E-state index contributed by atoms with van der Waals surface area (Å²) in [5.41, 5.74) is 3.23. The third-order valence-electron chi connectivity index (χ3n) is 6.99. The second kappa shape index (κ2) is 8.83. The van der Waals surface area contributed by atoms with E-state index in [-0.39, 0.29) is 31.9 Å². The molecule has 2 heterocycles. The van der Waals surface area contributed by atoms with Gasteiger partial charge in [-0.05, 0) is 49.2 Å². The molecule has 2 N–H and O–H groups in total. The number of likely N-dealkylation sites (tertiary alicyclic amines) is 1. The average Bonchev–Trinajstić information content (AvgIpc) is 3.19. The molecule has 2 aliphatic heterocycles. The van der Waals surface area contributed by atoms with Crippen LogP contribution in [0.4, 0.5) is 27.6 Å². The van der Waals surface area contributed by atoms with Crippen molar-refractivity contribution < 1.29 is 31.5 Å². The quantitative estimate of drug-likeness (QED) is 0.662. The second-order valence-electron chi connectivity index (χ2n) is 8.95. The van der Waals surface area contributed by atoms with Gasteiger partial charge >= 0.3 is 6.18 Å². The standard InChI is InChI=1S/C24H21F5N4O2/c25-15-2-4-20(26)17(9-15)22(35)33-12-19(21(31)34)23(13-33)5-7-32(8-6-23)16-3-1-14(11-30)18(10-16)24(27,28)29/h1-4,9-10,19H,5-8,12-13H2,(H2,31,34). The Morgan fingerprint density at radius 1 is 1.09 bits per heavy atom. The zero-order valence-electron chi connectivity index (χ0n) is 18.4. The summed E-state index contributed by atoms with van der Waals surface area (Å²) >= 11 is 0. The maximum Gasteiger partial charge on any atom is 0.417 e. The van der Waals surface area contributed by atoms with Gasteiger partial charge in [-0.1, -0.05) is 0 Å². The number of anilines is 1. The van der Waals surface area contributed by atoms with Crippen molar-refractivity contribution in [1.29, 1.82) is 5.26 Å². The van der Waals surface area contributed by atoms with Gasteiger partial charge < -0.3 is 15.5 Å². The van der Waals surface area contributed by atoms with Crippen molar-refractivity contribution in [3.05, 3.63) is 64.7 Å². The molecule has 11 heteroatoms. The van der Waals surface area contributed by atoms with Crippen LogP contribution in [0.5, 0.6) is 0 Å². The molecule has 0 aromatic heterocycles. The van der Waals surface area contributed by atoms with Crippen molar-refractivity contribution in [2.45, 2.75) is 19.0 Å². The Morgan fingerprint density at radius 3 is 2.37 bits per heavy atom. The first-order valence-electron chi connectivity index (χ1n) is 10.8. The molecule has 2 aromatic carbocycles. The summed E-state index contributed by atoms with van der Waals surface area (Å²) in [7, 11) is 0. The zero-order chi connectivity index (χ0) is 25.5. The lowest BCUT2D eigenvalue weighted by Gasteiger charge is -2.42. The van der Waals surface area contributed by atoms with E-state index in [4.69, 9.17) is 11.0 Å². The van der Waals surface area contributed by atoms with Gasteiger partial charge in [0.2, 0.25) is 5.91 Å². The predicted molar refractivity (Wildman–Crippen MR) is 115 cm³/mol. The molecule has 6 nitrogen and oxygen atoms in total. The fourth-order valence-electron chi connectivity index (χ4n) is 5.12. The predicted octanol–water partition coefficient (Wildman–Crippen LogP) is 3.70. The molecule has 184 valence electrons. The summed E-state index contributed by atoms with van der Waals surface area (Å²) in [5.74, 6) is -3.79. The Bertz CT molecular complexity index is 1220. The number of hydrogen-bond acceptors (Lipinski definition) is 4. The smallest absolute Gasteiger partial charge is 0.371 e. The Balaban J connectivity index is 1.55. The van der Waals surface area contributed by atoms with Gasteiger partial charge in [-0.15, -0.1) is 0 Å². The monoisotopic (exact) mass is 492 g/mol. The van der Waals surface area contributed by atoms with Crippen molar-refractivity contribution in [2.75, 3.05) is 31.1 Å². The van der Waals surface area contributed by atoms with Crippen LogP contribution in [-0.2, 0) is 11.0 Å².